The predicted molar refractivity (Wildman–Crippen MR) is 119 cm³/mol. The van der Waals surface area contributed by atoms with Crippen molar-refractivity contribution in [2.24, 2.45) is 29.6 Å². The van der Waals surface area contributed by atoms with Crippen molar-refractivity contribution in [2.45, 2.75) is 70.4 Å². The summed E-state index contributed by atoms with van der Waals surface area (Å²) < 4.78 is 5.27. The average molecular weight is 411 g/mol. The zero-order valence-corrected chi connectivity index (χ0v) is 18.5. The van der Waals surface area contributed by atoms with Crippen LogP contribution in [0.1, 0.15) is 63.4 Å². The fourth-order valence-electron chi connectivity index (χ4n) is 7.50. The Labute approximate surface area is 181 Å². The smallest absolute Gasteiger partial charge is 0.220 e. The summed E-state index contributed by atoms with van der Waals surface area (Å²) in [6.07, 6.45) is 11.9. The van der Waals surface area contributed by atoms with Gasteiger partial charge in [0.15, 0.2) is 0 Å². The normalized spacial score (nSPS) is 35.4. The van der Waals surface area contributed by atoms with Crippen molar-refractivity contribution in [2.75, 3.05) is 20.2 Å². The van der Waals surface area contributed by atoms with Crippen LogP contribution >= 0.6 is 0 Å². The minimum absolute atomic E-state index is 0.185. The van der Waals surface area contributed by atoms with E-state index in [0.29, 0.717) is 18.9 Å². The third kappa shape index (κ3) is 4.39. The molecular formula is C26H38N2O2. The molecule has 1 N–H and O–H groups in total. The van der Waals surface area contributed by atoms with E-state index in [1.165, 1.54) is 58.0 Å². The number of benzene rings is 1. The molecular weight excluding hydrogens is 372 g/mol. The minimum Gasteiger partial charge on any atom is -0.497 e. The molecule has 1 atom stereocenters. The Hall–Kier alpha value is -1.55. The molecule has 1 heterocycles. The Bertz CT molecular complexity index is 720. The fraction of sp³-hybridized carbons (Fsp3) is 0.731. The number of carbonyl (C=O) groups is 1. The van der Waals surface area contributed by atoms with Crippen LogP contribution < -0.4 is 10.1 Å². The molecule has 4 nitrogen and oxygen atoms in total. The van der Waals surface area contributed by atoms with E-state index in [-0.39, 0.29) is 5.91 Å². The van der Waals surface area contributed by atoms with Crippen molar-refractivity contribution in [3.8, 4) is 5.75 Å². The monoisotopic (exact) mass is 410 g/mol. The second-order valence-electron chi connectivity index (χ2n) is 10.6. The second-order valence-corrected chi connectivity index (χ2v) is 10.6. The third-order valence-electron chi connectivity index (χ3n) is 8.55. The van der Waals surface area contributed by atoms with E-state index >= 15 is 0 Å². The quantitative estimate of drug-likeness (QED) is 0.713. The number of hydrogen-bond acceptors (Lipinski definition) is 3. The highest BCUT2D eigenvalue weighted by molar-refractivity contribution is 5.75. The largest absolute Gasteiger partial charge is 0.497 e. The van der Waals surface area contributed by atoms with Gasteiger partial charge in [-0.05, 0) is 105 Å². The number of nitrogens with one attached hydrogen (secondary N) is 1. The van der Waals surface area contributed by atoms with Crippen LogP contribution in [-0.4, -0.2) is 37.0 Å². The standard InChI is InChI=1S/C26H38N2O2/c1-30-24-6-2-4-19(15-24)16-27-25(29)8-7-18-5-3-9-28(17-18)26-22-11-20-10-21(13-22)14-23(26)12-20/h2,4,6,15,18,20-23,26H,3,5,7-14,16-17H2,1H3,(H,27,29)/t18-,20?,21?,22?,23?,26?/m0/s1. The first-order valence-electron chi connectivity index (χ1n) is 12.3. The SMILES string of the molecule is COc1cccc(CNC(=O)CC[C@@H]2CCCN(C3C4CC5CC(C4)CC3C5)C2)c1. The van der Waals surface area contributed by atoms with Crippen molar-refractivity contribution in [1.82, 2.24) is 10.2 Å². The summed E-state index contributed by atoms with van der Waals surface area (Å²) in [5.41, 5.74) is 1.09. The van der Waals surface area contributed by atoms with Gasteiger partial charge in [-0.15, -0.1) is 0 Å². The molecule has 4 aliphatic carbocycles. The number of piperidine rings is 1. The first kappa shape index (κ1) is 20.4. The topological polar surface area (TPSA) is 41.6 Å². The molecule has 5 aliphatic rings. The predicted octanol–water partition coefficient (Wildman–Crippen LogP) is 4.63. The molecule has 30 heavy (non-hydrogen) atoms. The zero-order valence-electron chi connectivity index (χ0n) is 18.5. The Morgan fingerprint density at radius 3 is 2.63 bits per heavy atom. The zero-order chi connectivity index (χ0) is 20.5. The highest BCUT2D eigenvalue weighted by Crippen LogP contribution is 2.55. The Morgan fingerprint density at radius 2 is 1.90 bits per heavy atom. The number of hydrogen-bond donors (Lipinski definition) is 1. The molecule has 6 rings (SSSR count). The number of methoxy groups -OCH3 is 1. The lowest BCUT2D eigenvalue weighted by Gasteiger charge is -2.58. The van der Waals surface area contributed by atoms with Gasteiger partial charge in [0.25, 0.3) is 0 Å². The van der Waals surface area contributed by atoms with Crippen LogP contribution in [0.2, 0.25) is 0 Å². The molecule has 0 spiro atoms. The molecule has 4 saturated carbocycles. The molecule has 1 aliphatic heterocycles. The molecule has 4 bridgehead atoms. The number of nitrogens with zero attached hydrogens (tertiary/aromatic N) is 1. The van der Waals surface area contributed by atoms with Crippen LogP contribution in [0, 0.1) is 29.6 Å². The highest BCUT2D eigenvalue weighted by Gasteiger charge is 2.50. The van der Waals surface area contributed by atoms with Crippen molar-refractivity contribution >= 4 is 5.91 Å². The van der Waals surface area contributed by atoms with Crippen LogP contribution in [0.25, 0.3) is 0 Å². The van der Waals surface area contributed by atoms with Gasteiger partial charge >= 0.3 is 0 Å². The lowest BCUT2D eigenvalue weighted by atomic mass is 9.53. The summed E-state index contributed by atoms with van der Waals surface area (Å²) in [4.78, 5) is 15.3. The van der Waals surface area contributed by atoms with Crippen molar-refractivity contribution in [1.29, 1.82) is 0 Å². The highest BCUT2D eigenvalue weighted by atomic mass is 16.5. The van der Waals surface area contributed by atoms with Crippen molar-refractivity contribution in [3.63, 3.8) is 0 Å². The first-order chi connectivity index (χ1) is 14.7. The van der Waals surface area contributed by atoms with E-state index in [1.54, 1.807) is 7.11 Å². The molecule has 0 unspecified atom stereocenters. The lowest BCUT2D eigenvalue weighted by Crippen LogP contribution is -2.57. The number of ether oxygens (including phenoxy) is 1. The van der Waals surface area contributed by atoms with E-state index in [9.17, 15) is 4.79 Å². The maximum absolute atomic E-state index is 12.4. The number of carbonyl (C=O) groups excluding carboxylic acids is 1. The number of likely N-dealkylation sites (tertiary alicyclic amines) is 1. The van der Waals surface area contributed by atoms with Gasteiger partial charge in [-0.2, -0.15) is 0 Å². The molecule has 164 valence electrons. The summed E-state index contributed by atoms with van der Waals surface area (Å²) in [6, 6.07) is 8.80. The van der Waals surface area contributed by atoms with E-state index in [2.05, 4.69) is 10.2 Å². The molecule has 1 aromatic carbocycles. The van der Waals surface area contributed by atoms with Crippen LogP contribution in [0.15, 0.2) is 24.3 Å². The van der Waals surface area contributed by atoms with Gasteiger partial charge < -0.3 is 10.1 Å². The van der Waals surface area contributed by atoms with Gasteiger partial charge in [0.05, 0.1) is 7.11 Å². The molecule has 0 aromatic heterocycles. The van der Waals surface area contributed by atoms with Crippen LogP contribution in [0.4, 0.5) is 0 Å². The Kier molecular flexibility index (Phi) is 6.04. The number of amides is 1. The summed E-state index contributed by atoms with van der Waals surface area (Å²) in [6.45, 7) is 3.11. The minimum atomic E-state index is 0.185. The summed E-state index contributed by atoms with van der Waals surface area (Å²) >= 11 is 0. The molecule has 4 heteroatoms. The summed E-state index contributed by atoms with van der Waals surface area (Å²) in [7, 11) is 1.67. The summed E-state index contributed by atoms with van der Waals surface area (Å²) in [5, 5.41) is 3.10. The Morgan fingerprint density at radius 1 is 1.13 bits per heavy atom. The van der Waals surface area contributed by atoms with Crippen LogP contribution in [0.3, 0.4) is 0 Å². The fourth-order valence-corrected chi connectivity index (χ4v) is 7.50. The van der Waals surface area contributed by atoms with Gasteiger partial charge in [-0.25, -0.2) is 0 Å². The molecule has 1 aromatic rings. The van der Waals surface area contributed by atoms with E-state index < -0.39 is 0 Å². The van der Waals surface area contributed by atoms with Crippen LogP contribution in [0.5, 0.6) is 5.75 Å². The van der Waals surface area contributed by atoms with Gasteiger partial charge in [-0.3, -0.25) is 9.69 Å². The molecule has 0 radical (unpaired) electrons. The first-order valence-corrected chi connectivity index (χ1v) is 12.3. The average Bonchev–Trinajstić information content (AvgIpc) is 2.76. The third-order valence-corrected chi connectivity index (χ3v) is 8.55. The Balaban J connectivity index is 1.09. The summed E-state index contributed by atoms with van der Waals surface area (Å²) in [5.74, 6) is 5.78. The van der Waals surface area contributed by atoms with Crippen molar-refractivity contribution < 1.29 is 9.53 Å². The number of rotatable bonds is 7. The maximum Gasteiger partial charge on any atom is 0.220 e. The van der Waals surface area contributed by atoms with Gasteiger partial charge in [0, 0.05) is 25.6 Å². The maximum atomic E-state index is 12.4. The van der Waals surface area contributed by atoms with E-state index in [4.69, 9.17) is 4.74 Å². The second kappa shape index (κ2) is 8.90. The molecule has 5 fully saturated rings. The lowest BCUT2D eigenvalue weighted by molar-refractivity contribution is -0.121. The van der Waals surface area contributed by atoms with E-state index in [1.807, 2.05) is 24.3 Å². The van der Waals surface area contributed by atoms with Gasteiger partial charge in [0.2, 0.25) is 5.91 Å². The van der Waals surface area contributed by atoms with E-state index in [0.717, 1.165) is 47.4 Å². The molecule has 1 saturated heterocycles. The van der Waals surface area contributed by atoms with Crippen LogP contribution in [-0.2, 0) is 11.3 Å². The molecule has 1 amide bonds. The van der Waals surface area contributed by atoms with Crippen molar-refractivity contribution in [3.05, 3.63) is 29.8 Å². The van der Waals surface area contributed by atoms with Gasteiger partial charge in [0.1, 0.15) is 5.75 Å². The van der Waals surface area contributed by atoms with Gasteiger partial charge in [-0.1, -0.05) is 12.1 Å².